The van der Waals surface area contributed by atoms with Crippen LogP contribution in [0.5, 0.6) is 0 Å². The fraction of sp³-hybridized carbons (Fsp3) is 0.435. The lowest BCUT2D eigenvalue weighted by molar-refractivity contribution is 0.0643. The van der Waals surface area contributed by atoms with Gasteiger partial charge in [0, 0.05) is 55.4 Å². The molecule has 8 heteroatoms. The number of pyridine rings is 1. The van der Waals surface area contributed by atoms with Gasteiger partial charge in [-0.25, -0.2) is 9.78 Å². The number of carbonyl (C=O) groups is 2. The van der Waals surface area contributed by atoms with Gasteiger partial charge in [0.2, 0.25) is 0 Å². The Kier molecular flexibility index (Phi) is 6.48. The van der Waals surface area contributed by atoms with Crippen molar-refractivity contribution in [2.75, 3.05) is 55.2 Å². The lowest BCUT2D eigenvalue weighted by Crippen LogP contribution is -2.48. The normalized spacial score (nSPS) is 16.7. The Hall–Kier alpha value is -2.58. The third-order valence-electron chi connectivity index (χ3n) is 5.84. The minimum atomic E-state index is -0.176. The van der Waals surface area contributed by atoms with Gasteiger partial charge < -0.3 is 15.1 Å². The molecule has 7 nitrogen and oxygen atoms in total. The summed E-state index contributed by atoms with van der Waals surface area (Å²) < 4.78 is 0. The van der Waals surface area contributed by atoms with Gasteiger partial charge in [0.25, 0.3) is 5.91 Å². The van der Waals surface area contributed by atoms with E-state index in [0.717, 1.165) is 60.4 Å². The summed E-state index contributed by atoms with van der Waals surface area (Å²) in [7, 11) is 0. The fourth-order valence-electron chi connectivity index (χ4n) is 4.11. The van der Waals surface area contributed by atoms with Crippen LogP contribution in [0, 0.1) is 13.8 Å². The van der Waals surface area contributed by atoms with Gasteiger partial charge in [0.05, 0.1) is 5.69 Å². The first-order valence-corrected chi connectivity index (χ1v) is 11.8. The minimum Gasteiger partial charge on any atom is -0.336 e. The molecule has 3 heterocycles. The zero-order valence-corrected chi connectivity index (χ0v) is 19.2. The molecule has 2 aromatic rings. The van der Waals surface area contributed by atoms with Gasteiger partial charge in [-0.05, 0) is 56.3 Å². The zero-order chi connectivity index (χ0) is 22.0. The maximum atomic E-state index is 13.0. The summed E-state index contributed by atoms with van der Waals surface area (Å²) in [6, 6.07) is 9.01. The average molecular weight is 440 g/mol. The number of nitrogens with zero attached hydrogens (tertiary/aromatic N) is 4. The zero-order valence-electron chi connectivity index (χ0n) is 18.4. The predicted octanol–water partition coefficient (Wildman–Crippen LogP) is 3.62. The highest BCUT2D eigenvalue weighted by atomic mass is 32.2. The molecular weight excluding hydrogens is 410 g/mol. The molecule has 3 amide bonds. The van der Waals surface area contributed by atoms with Gasteiger partial charge in [0.15, 0.2) is 0 Å². The summed E-state index contributed by atoms with van der Waals surface area (Å²) in [6.07, 6.45) is 0. The molecule has 0 aliphatic carbocycles. The molecule has 31 heavy (non-hydrogen) atoms. The third kappa shape index (κ3) is 4.70. The number of benzene rings is 1. The summed E-state index contributed by atoms with van der Waals surface area (Å²) in [5.74, 6) is 0.863. The van der Waals surface area contributed by atoms with Crippen molar-refractivity contribution >= 4 is 35.1 Å². The number of thioether (sulfide) groups is 1. The molecule has 0 saturated carbocycles. The van der Waals surface area contributed by atoms with Crippen molar-refractivity contribution in [1.82, 2.24) is 14.8 Å². The Morgan fingerprint density at radius 1 is 1.06 bits per heavy atom. The van der Waals surface area contributed by atoms with Gasteiger partial charge >= 0.3 is 6.03 Å². The molecular formula is C23H29N5O2S. The highest BCUT2D eigenvalue weighted by Crippen LogP contribution is 2.36. The number of aryl methyl sites for hydroxylation is 2. The first-order valence-electron chi connectivity index (χ1n) is 10.8. The molecule has 0 radical (unpaired) electrons. The van der Waals surface area contributed by atoms with Crippen molar-refractivity contribution in [1.29, 1.82) is 0 Å². The standard InChI is InChI=1S/C23H29N5O2S/c1-4-26-9-11-27(12-10-26)22(29)18-5-7-19(8-6-18)25-23(30)28-13-14-31-21-20(28)16(2)15-17(3)24-21/h5-8,15H,4,9-14H2,1-3H3,(H,25,30). The van der Waals surface area contributed by atoms with E-state index in [-0.39, 0.29) is 11.9 Å². The second-order valence-corrected chi connectivity index (χ2v) is 9.05. The summed E-state index contributed by atoms with van der Waals surface area (Å²) in [5.41, 5.74) is 4.22. The van der Waals surface area contributed by atoms with E-state index in [1.807, 2.05) is 24.8 Å². The lowest BCUT2D eigenvalue weighted by Gasteiger charge is -2.34. The molecule has 164 valence electrons. The van der Waals surface area contributed by atoms with Crippen LogP contribution < -0.4 is 10.2 Å². The molecule has 1 aromatic carbocycles. The first kappa shape index (κ1) is 21.6. The van der Waals surface area contributed by atoms with Crippen LogP contribution in [0.4, 0.5) is 16.2 Å². The number of urea groups is 1. The first-order chi connectivity index (χ1) is 15.0. The van der Waals surface area contributed by atoms with Gasteiger partial charge in [0.1, 0.15) is 5.03 Å². The molecule has 1 N–H and O–H groups in total. The number of likely N-dealkylation sites (N-methyl/N-ethyl adjacent to an activating group) is 1. The van der Waals surface area contributed by atoms with Crippen molar-refractivity contribution < 1.29 is 9.59 Å². The monoisotopic (exact) mass is 439 g/mol. The van der Waals surface area contributed by atoms with Gasteiger partial charge in [-0.1, -0.05) is 6.92 Å². The van der Waals surface area contributed by atoms with Crippen LogP contribution >= 0.6 is 11.8 Å². The van der Waals surface area contributed by atoms with Crippen molar-refractivity contribution in [2.24, 2.45) is 0 Å². The topological polar surface area (TPSA) is 68.8 Å². The fourth-order valence-corrected chi connectivity index (χ4v) is 5.19. The number of amides is 3. The van der Waals surface area contributed by atoms with E-state index in [2.05, 4.69) is 22.1 Å². The molecule has 0 spiro atoms. The van der Waals surface area contributed by atoms with Crippen molar-refractivity contribution in [3.05, 3.63) is 47.2 Å². The van der Waals surface area contributed by atoms with Crippen LogP contribution in [0.1, 0.15) is 28.5 Å². The number of hydrogen-bond donors (Lipinski definition) is 1. The number of rotatable bonds is 3. The van der Waals surface area contributed by atoms with E-state index in [1.165, 1.54) is 0 Å². The number of carbonyl (C=O) groups excluding carboxylic acids is 2. The number of nitrogens with one attached hydrogen (secondary N) is 1. The molecule has 1 aromatic heterocycles. The van der Waals surface area contributed by atoms with Crippen LogP contribution in [-0.4, -0.2) is 71.7 Å². The van der Waals surface area contributed by atoms with E-state index >= 15 is 0 Å². The van der Waals surface area contributed by atoms with Gasteiger partial charge in [-0.2, -0.15) is 0 Å². The predicted molar refractivity (Wildman–Crippen MR) is 125 cm³/mol. The molecule has 0 atom stereocenters. The quantitative estimate of drug-likeness (QED) is 0.791. The van der Waals surface area contributed by atoms with E-state index in [1.54, 1.807) is 40.9 Å². The SMILES string of the molecule is CCN1CCN(C(=O)c2ccc(NC(=O)N3CCSc4nc(C)cc(C)c43)cc2)CC1. The third-order valence-corrected chi connectivity index (χ3v) is 6.78. The van der Waals surface area contributed by atoms with Crippen LogP contribution in [0.3, 0.4) is 0 Å². The second-order valence-electron chi connectivity index (χ2n) is 7.97. The summed E-state index contributed by atoms with van der Waals surface area (Å²) >= 11 is 1.69. The highest BCUT2D eigenvalue weighted by Gasteiger charge is 2.26. The van der Waals surface area contributed by atoms with Crippen molar-refractivity contribution in [3.8, 4) is 0 Å². The number of anilines is 2. The van der Waals surface area contributed by atoms with Crippen LogP contribution in [0.2, 0.25) is 0 Å². The van der Waals surface area contributed by atoms with Crippen molar-refractivity contribution in [2.45, 2.75) is 25.8 Å². The van der Waals surface area contributed by atoms with Gasteiger partial charge in [-0.3, -0.25) is 9.69 Å². The smallest absolute Gasteiger partial charge is 0.326 e. The molecule has 0 unspecified atom stereocenters. The minimum absolute atomic E-state index is 0.0488. The van der Waals surface area contributed by atoms with Crippen LogP contribution in [0.15, 0.2) is 35.4 Å². The average Bonchev–Trinajstić information content (AvgIpc) is 2.78. The number of aromatic nitrogens is 1. The Labute approximate surface area is 187 Å². The maximum Gasteiger partial charge on any atom is 0.326 e. The number of fused-ring (bicyclic) bond motifs is 1. The second kappa shape index (κ2) is 9.28. The maximum absolute atomic E-state index is 13.0. The molecule has 4 rings (SSSR count). The van der Waals surface area contributed by atoms with Crippen molar-refractivity contribution in [3.63, 3.8) is 0 Å². The summed E-state index contributed by atoms with van der Waals surface area (Å²) in [4.78, 5) is 36.4. The van der Waals surface area contributed by atoms with Crippen LogP contribution in [0.25, 0.3) is 0 Å². The molecule has 0 bridgehead atoms. The lowest BCUT2D eigenvalue weighted by atomic mass is 10.1. The largest absolute Gasteiger partial charge is 0.336 e. The van der Waals surface area contributed by atoms with E-state index in [9.17, 15) is 9.59 Å². The molecule has 1 fully saturated rings. The Balaban J connectivity index is 1.42. The Bertz CT molecular complexity index is 971. The summed E-state index contributed by atoms with van der Waals surface area (Å²) in [5, 5.41) is 3.88. The van der Waals surface area contributed by atoms with Gasteiger partial charge in [-0.15, -0.1) is 11.8 Å². The van der Waals surface area contributed by atoms with E-state index in [0.29, 0.717) is 17.8 Å². The number of piperazine rings is 1. The van der Waals surface area contributed by atoms with E-state index in [4.69, 9.17) is 0 Å². The molecule has 1 saturated heterocycles. The Morgan fingerprint density at radius 3 is 2.45 bits per heavy atom. The number of hydrogen-bond acceptors (Lipinski definition) is 5. The molecule has 2 aliphatic rings. The highest BCUT2D eigenvalue weighted by molar-refractivity contribution is 7.99. The molecule has 2 aliphatic heterocycles. The Morgan fingerprint density at radius 2 is 1.77 bits per heavy atom. The summed E-state index contributed by atoms with van der Waals surface area (Å²) in [6.45, 7) is 11.1. The van der Waals surface area contributed by atoms with E-state index < -0.39 is 0 Å². The van der Waals surface area contributed by atoms with Crippen LogP contribution in [-0.2, 0) is 0 Å².